The third-order valence-electron chi connectivity index (χ3n) is 6.81. The van der Waals surface area contributed by atoms with Crippen LogP contribution in [0.1, 0.15) is 49.1 Å². The molecule has 1 aliphatic heterocycles. The van der Waals surface area contributed by atoms with Gasteiger partial charge in [-0.25, -0.2) is 0 Å². The number of likely N-dealkylation sites (tertiary alicyclic amines) is 1. The second-order valence-corrected chi connectivity index (χ2v) is 10.2. The van der Waals surface area contributed by atoms with Gasteiger partial charge in [-0.05, 0) is 52.4 Å². The molecule has 1 unspecified atom stereocenters. The average Bonchev–Trinajstić information content (AvgIpc) is 3.17. The molecule has 1 heterocycles. The second-order valence-electron chi connectivity index (χ2n) is 10.2. The van der Waals surface area contributed by atoms with Gasteiger partial charge >= 0.3 is 0 Å². The molecule has 4 rings (SSSR count). The van der Waals surface area contributed by atoms with E-state index in [2.05, 4.69) is 20.8 Å². The summed E-state index contributed by atoms with van der Waals surface area (Å²) in [5.74, 6) is -0.242. The van der Waals surface area contributed by atoms with Crippen molar-refractivity contribution in [3.8, 4) is 17.2 Å². The third kappa shape index (κ3) is 5.09. The molecule has 0 aliphatic carbocycles. The summed E-state index contributed by atoms with van der Waals surface area (Å²) in [6.45, 7) is 6.53. The Morgan fingerprint density at radius 2 is 1.45 bits per heavy atom. The van der Waals surface area contributed by atoms with E-state index >= 15 is 0 Å². The maximum absolute atomic E-state index is 13.5. The average molecular weight is 516 g/mol. The highest BCUT2D eigenvalue weighted by atomic mass is 16.5. The molecule has 3 aromatic rings. The van der Waals surface area contributed by atoms with E-state index in [4.69, 9.17) is 14.2 Å². The summed E-state index contributed by atoms with van der Waals surface area (Å²) >= 11 is 0. The van der Waals surface area contributed by atoms with Gasteiger partial charge in [-0.15, -0.1) is 0 Å². The number of hydrogen-bond acceptors (Lipinski definition) is 6. The molecular formula is C31H33NO6. The van der Waals surface area contributed by atoms with E-state index in [1.54, 1.807) is 37.4 Å². The van der Waals surface area contributed by atoms with Gasteiger partial charge in [0.2, 0.25) is 0 Å². The highest BCUT2D eigenvalue weighted by molar-refractivity contribution is 6.46. The molecule has 0 spiro atoms. The molecule has 1 aliphatic rings. The Hall–Kier alpha value is -4.26. The number of amides is 1. The fourth-order valence-electron chi connectivity index (χ4n) is 4.63. The van der Waals surface area contributed by atoms with E-state index < -0.39 is 17.7 Å². The first-order valence-electron chi connectivity index (χ1n) is 12.3. The number of aliphatic hydroxyl groups is 1. The Morgan fingerprint density at radius 1 is 0.842 bits per heavy atom. The van der Waals surface area contributed by atoms with Crippen LogP contribution in [-0.2, 0) is 21.5 Å². The molecule has 1 N–H and O–H groups in total. The number of carbonyl (C=O) groups excluding carboxylic acids is 2. The second kappa shape index (κ2) is 10.6. The summed E-state index contributed by atoms with van der Waals surface area (Å²) in [4.78, 5) is 28.4. The molecule has 7 heteroatoms. The number of methoxy groups -OCH3 is 3. The molecule has 1 saturated heterocycles. The van der Waals surface area contributed by atoms with Crippen molar-refractivity contribution < 1.29 is 28.9 Å². The van der Waals surface area contributed by atoms with E-state index in [1.165, 1.54) is 19.1 Å². The van der Waals surface area contributed by atoms with Crippen LogP contribution in [0.25, 0.3) is 5.76 Å². The smallest absolute Gasteiger partial charge is 0.295 e. The van der Waals surface area contributed by atoms with Gasteiger partial charge in [-0.2, -0.15) is 0 Å². The molecule has 0 aromatic heterocycles. The van der Waals surface area contributed by atoms with Crippen molar-refractivity contribution >= 4 is 17.4 Å². The topological polar surface area (TPSA) is 85.3 Å². The number of rotatable bonds is 7. The monoisotopic (exact) mass is 515 g/mol. The number of nitrogens with zero attached hydrogens (tertiary/aromatic N) is 1. The molecule has 7 nitrogen and oxygen atoms in total. The standard InChI is InChI=1S/C31H33NO6/c1-31(2,3)21-11-9-20(10-12-21)27-26(28(33)24-17-23(37-5)15-16-25(24)38-6)29(34)30(35)32(27)18-19-7-13-22(36-4)14-8-19/h7-17,27,33H,18H2,1-6H3/b28-26+. The molecule has 1 atom stereocenters. The third-order valence-corrected chi connectivity index (χ3v) is 6.81. The van der Waals surface area contributed by atoms with Gasteiger partial charge in [0.15, 0.2) is 0 Å². The van der Waals surface area contributed by atoms with Crippen molar-refractivity contribution in [1.82, 2.24) is 4.90 Å². The normalized spacial score (nSPS) is 17.0. The Bertz CT molecular complexity index is 1370. The van der Waals surface area contributed by atoms with Crippen molar-refractivity contribution in [1.29, 1.82) is 0 Å². The first-order chi connectivity index (χ1) is 18.1. The Balaban J connectivity index is 1.88. The van der Waals surface area contributed by atoms with Crippen molar-refractivity contribution in [3.63, 3.8) is 0 Å². The maximum atomic E-state index is 13.5. The Labute approximate surface area is 223 Å². The van der Waals surface area contributed by atoms with Crippen LogP contribution in [0.5, 0.6) is 17.2 Å². The first kappa shape index (κ1) is 26.8. The zero-order valence-electron chi connectivity index (χ0n) is 22.6. The Kier molecular flexibility index (Phi) is 7.49. The summed E-state index contributed by atoms with van der Waals surface area (Å²) in [6.07, 6.45) is 0. The van der Waals surface area contributed by atoms with Crippen LogP contribution >= 0.6 is 0 Å². The quantitative estimate of drug-likeness (QED) is 0.249. The number of Topliss-reactive ketones (excluding diaryl/α,β-unsaturated/α-hetero) is 1. The highest BCUT2D eigenvalue weighted by Gasteiger charge is 2.46. The van der Waals surface area contributed by atoms with E-state index in [1.807, 2.05) is 36.4 Å². The Morgan fingerprint density at radius 3 is 2.00 bits per heavy atom. The van der Waals surface area contributed by atoms with Crippen LogP contribution in [0.4, 0.5) is 0 Å². The first-order valence-corrected chi connectivity index (χ1v) is 12.3. The van der Waals surface area contributed by atoms with E-state index in [9.17, 15) is 14.7 Å². The molecule has 0 saturated carbocycles. The van der Waals surface area contributed by atoms with Crippen LogP contribution in [0.2, 0.25) is 0 Å². The lowest BCUT2D eigenvalue weighted by atomic mass is 9.85. The van der Waals surface area contributed by atoms with Crippen LogP contribution in [-0.4, -0.2) is 43.0 Å². The van der Waals surface area contributed by atoms with Crippen molar-refractivity contribution in [2.75, 3.05) is 21.3 Å². The predicted molar refractivity (Wildman–Crippen MR) is 146 cm³/mol. The zero-order valence-corrected chi connectivity index (χ0v) is 22.6. The van der Waals surface area contributed by atoms with Gasteiger partial charge in [0.1, 0.15) is 23.0 Å². The number of hydrogen-bond donors (Lipinski definition) is 1. The minimum atomic E-state index is -0.804. The van der Waals surface area contributed by atoms with Gasteiger partial charge in [0.05, 0.1) is 38.5 Å². The zero-order chi connectivity index (χ0) is 27.6. The van der Waals surface area contributed by atoms with Crippen molar-refractivity contribution in [2.24, 2.45) is 0 Å². The predicted octanol–water partition coefficient (Wildman–Crippen LogP) is 5.63. The number of ether oxygens (including phenoxy) is 3. The summed E-state index contributed by atoms with van der Waals surface area (Å²) in [5, 5.41) is 11.5. The van der Waals surface area contributed by atoms with E-state index in [0.717, 1.165) is 11.1 Å². The molecular weight excluding hydrogens is 482 g/mol. The molecule has 0 bridgehead atoms. The lowest BCUT2D eigenvalue weighted by Crippen LogP contribution is -2.29. The van der Waals surface area contributed by atoms with Crippen LogP contribution in [0.15, 0.2) is 72.3 Å². The number of aliphatic hydroxyl groups excluding tert-OH is 1. The molecule has 1 fully saturated rings. The number of carbonyl (C=O) groups is 2. The van der Waals surface area contributed by atoms with E-state index in [-0.39, 0.29) is 28.9 Å². The van der Waals surface area contributed by atoms with Crippen LogP contribution < -0.4 is 14.2 Å². The SMILES string of the molecule is COc1ccc(CN2C(=O)C(=O)/C(=C(/O)c3cc(OC)ccc3OC)C2c2ccc(C(C)(C)C)cc2)cc1. The minimum Gasteiger partial charge on any atom is -0.507 e. The van der Waals surface area contributed by atoms with E-state index in [0.29, 0.717) is 22.8 Å². The van der Waals surface area contributed by atoms with Crippen LogP contribution in [0.3, 0.4) is 0 Å². The van der Waals surface area contributed by atoms with Crippen molar-refractivity contribution in [2.45, 2.75) is 38.8 Å². The van der Waals surface area contributed by atoms with Gasteiger partial charge in [0, 0.05) is 6.54 Å². The van der Waals surface area contributed by atoms with Gasteiger partial charge in [-0.1, -0.05) is 57.2 Å². The number of benzene rings is 3. The summed E-state index contributed by atoms with van der Waals surface area (Å²) in [6, 6.07) is 19.3. The molecule has 1 amide bonds. The maximum Gasteiger partial charge on any atom is 0.295 e. The summed E-state index contributed by atoms with van der Waals surface area (Å²) in [5.41, 5.74) is 2.85. The summed E-state index contributed by atoms with van der Waals surface area (Å²) in [7, 11) is 4.57. The molecule has 0 radical (unpaired) electrons. The molecule has 38 heavy (non-hydrogen) atoms. The van der Waals surface area contributed by atoms with Crippen molar-refractivity contribution in [3.05, 3.63) is 94.6 Å². The lowest BCUT2D eigenvalue weighted by Gasteiger charge is -2.27. The van der Waals surface area contributed by atoms with Gasteiger partial charge in [0.25, 0.3) is 11.7 Å². The highest BCUT2D eigenvalue weighted by Crippen LogP contribution is 2.42. The summed E-state index contributed by atoms with van der Waals surface area (Å²) < 4.78 is 16.0. The lowest BCUT2D eigenvalue weighted by molar-refractivity contribution is -0.140. The minimum absolute atomic E-state index is 0.00132. The van der Waals surface area contributed by atoms with Crippen LogP contribution in [0, 0.1) is 0 Å². The fourth-order valence-corrected chi connectivity index (χ4v) is 4.63. The van der Waals surface area contributed by atoms with Gasteiger partial charge < -0.3 is 24.2 Å². The van der Waals surface area contributed by atoms with Gasteiger partial charge in [-0.3, -0.25) is 9.59 Å². The fraction of sp³-hybridized carbons (Fsp3) is 0.290. The molecule has 3 aromatic carbocycles. The molecule has 198 valence electrons. The largest absolute Gasteiger partial charge is 0.507 e. The number of ketones is 1.